The second-order valence-electron chi connectivity index (χ2n) is 2.26. The van der Waals surface area contributed by atoms with E-state index in [1.54, 1.807) is 11.3 Å². The monoisotopic (exact) mass is 238 g/mol. The van der Waals surface area contributed by atoms with E-state index < -0.39 is 0 Å². The van der Waals surface area contributed by atoms with Crippen LogP contribution in [0.2, 0.25) is 0 Å². The number of thiazole rings is 1. The van der Waals surface area contributed by atoms with E-state index in [2.05, 4.69) is 27.0 Å². The van der Waals surface area contributed by atoms with Crippen molar-refractivity contribution >= 4 is 27.3 Å². The first kappa shape index (κ1) is 7.95. The third kappa shape index (κ3) is 1.57. The van der Waals surface area contributed by atoms with Crippen LogP contribution in [0.5, 0.6) is 0 Å². The molecule has 0 aliphatic heterocycles. The number of aromatic nitrogens is 1. The fourth-order valence-electron chi connectivity index (χ4n) is 0.916. The fourth-order valence-corrected chi connectivity index (χ4v) is 2.18. The number of halogens is 1. The second-order valence-corrected chi connectivity index (χ2v) is 3.93. The van der Waals surface area contributed by atoms with E-state index in [1.165, 1.54) is 0 Å². The first-order valence-electron chi connectivity index (χ1n) is 3.44. The Morgan fingerprint density at radius 3 is 2.67 bits per heavy atom. The van der Waals surface area contributed by atoms with Crippen molar-refractivity contribution in [2.24, 2.45) is 0 Å². The Bertz CT molecular complexity index is 369. The van der Waals surface area contributed by atoms with Crippen molar-refractivity contribution < 1.29 is 0 Å². The molecule has 0 saturated heterocycles. The highest BCUT2D eigenvalue weighted by Gasteiger charge is 2.00. The van der Waals surface area contributed by atoms with Gasteiger partial charge in [0.1, 0.15) is 9.61 Å². The lowest BCUT2D eigenvalue weighted by Gasteiger charge is -1.91. The van der Waals surface area contributed by atoms with E-state index in [0.717, 1.165) is 15.2 Å². The highest BCUT2D eigenvalue weighted by atomic mass is 79.9. The zero-order valence-electron chi connectivity index (χ0n) is 6.12. The number of rotatable bonds is 1. The average Bonchev–Trinajstić information content (AvgIpc) is 2.54. The Kier molecular flexibility index (Phi) is 2.23. The zero-order valence-corrected chi connectivity index (χ0v) is 8.52. The summed E-state index contributed by atoms with van der Waals surface area (Å²) in [5.41, 5.74) is 1.14. The van der Waals surface area contributed by atoms with E-state index in [0.29, 0.717) is 0 Å². The van der Waals surface area contributed by atoms with E-state index in [9.17, 15) is 0 Å². The maximum atomic E-state index is 4.30. The first-order valence-corrected chi connectivity index (χ1v) is 5.11. The topological polar surface area (TPSA) is 12.9 Å². The zero-order chi connectivity index (χ0) is 8.39. The molecule has 0 unspecified atom stereocenters. The van der Waals surface area contributed by atoms with Crippen LogP contribution in [0.15, 0.2) is 34.2 Å². The van der Waals surface area contributed by atoms with Crippen LogP contribution in [-0.4, -0.2) is 4.98 Å². The SMILES string of the molecule is Brc1csc(-c2cc[c]cc2)n1. The molecule has 0 amide bonds. The van der Waals surface area contributed by atoms with Gasteiger partial charge in [-0.1, -0.05) is 24.3 Å². The summed E-state index contributed by atoms with van der Waals surface area (Å²) in [4.78, 5) is 4.30. The van der Waals surface area contributed by atoms with Crippen LogP contribution in [0.3, 0.4) is 0 Å². The summed E-state index contributed by atoms with van der Waals surface area (Å²) in [5.74, 6) is 0. The van der Waals surface area contributed by atoms with Crippen molar-refractivity contribution in [3.8, 4) is 10.6 Å². The lowest BCUT2D eigenvalue weighted by molar-refractivity contribution is 1.36. The molecular formula is C9H5BrNS. The molecule has 59 valence electrons. The standard InChI is InChI=1S/C9H5BrNS/c10-8-6-12-9(11-8)7-4-2-1-3-5-7/h2-6H. The Hall–Kier alpha value is -0.670. The molecule has 0 atom stereocenters. The molecule has 2 aromatic rings. The van der Waals surface area contributed by atoms with Gasteiger partial charge in [0, 0.05) is 10.9 Å². The minimum atomic E-state index is 0.898. The molecule has 12 heavy (non-hydrogen) atoms. The van der Waals surface area contributed by atoms with Gasteiger partial charge < -0.3 is 0 Å². The normalized spacial score (nSPS) is 10.1. The minimum absolute atomic E-state index is 0.898. The highest BCUT2D eigenvalue weighted by molar-refractivity contribution is 9.10. The van der Waals surface area contributed by atoms with Gasteiger partial charge in [-0.3, -0.25) is 0 Å². The average molecular weight is 239 g/mol. The third-order valence-corrected chi connectivity index (χ3v) is 3.04. The molecular weight excluding hydrogens is 234 g/mol. The second kappa shape index (κ2) is 3.37. The number of hydrogen-bond donors (Lipinski definition) is 0. The summed E-state index contributed by atoms with van der Waals surface area (Å²) in [5, 5.41) is 3.02. The van der Waals surface area contributed by atoms with Gasteiger partial charge in [0.15, 0.2) is 0 Å². The molecule has 0 aliphatic rings. The summed E-state index contributed by atoms with van der Waals surface area (Å²) in [6.45, 7) is 0. The Labute approximate surface area is 83.2 Å². The molecule has 1 heterocycles. The third-order valence-electron chi connectivity index (χ3n) is 1.44. The smallest absolute Gasteiger partial charge is 0.124 e. The highest BCUT2D eigenvalue weighted by Crippen LogP contribution is 2.25. The van der Waals surface area contributed by atoms with E-state index in [-0.39, 0.29) is 0 Å². The van der Waals surface area contributed by atoms with Crippen LogP contribution in [0, 0.1) is 6.07 Å². The summed E-state index contributed by atoms with van der Waals surface area (Å²) in [7, 11) is 0. The molecule has 0 N–H and O–H groups in total. The van der Waals surface area contributed by atoms with Crippen molar-refractivity contribution in [3.63, 3.8) is 0 Å². The van der Waals surface area contributed by atoms with Gasteiger partial charge in [-0.15, -0.1) is 11.3 Å². The predicted octanol–water partition coefficient (Wildman–Crippen LogP) is 3.37. The molecule has 0 fully saturated rings. The molecule has 1 nitrogen and oxygen atoms in total. The molecule has 3 heteroatoms. The van der Waals surface area contributed by atoms with Crippen LogP contribution in [0.1, 0.15) is 0 Å². The molecule has 0 saturated carbocycles. The van der Waals surface area contributed by atoms with Gasteiger partial charge >= 0.3 is 0 Å². The van der Waals surface area contributed by atoms with Crippen molar-refractivity contribution in [3.05, 3.63) is 40.3 Å². The van der Waals surface area contributed by atoms with Crippen LogP contribution in [-0.2, 0) is 0 Å². The van der Waals surface area contributed by atoms with Gasteiger partial charge in [-0.25, -0.2) is 4.98 Å². The Balaban J connectivity index is 2.45. The van der Waals surface area contributed by atoms with Crippen molar-refractivity contribution in [2.75, 3.05) is 0 Å². The van der Waals surface area contributed by atoms with Crippen LogP contribution < -0.4 is 0 Å². The first-order chi connectivity index (χ1) is 5.86. The van der Waals surface area contributed by atoms with Crippen LogP contribution in [0.25, 0.3) is 10.6 Å². The maximum absolute atomic E-state index is 4.30. The van der Waals surface area contributed by atoms with Crippen molar-refractivity contribution in [1.82, 2.24) is 4.98 Å². The Morgan fingerprint density at radius 1 is 1.33 bits per heavy atom. The van der Waals surface area contributed by atoms with Gasteiger partial charge in [0.05, 0.1) is 0 Å². The molecule has 1 aromatic carbocycles. The van der Waals surface area contributed by atoms with Crippen LogP contribution >= 0.6 is 27.3 Å². The summed E-state index contributed by atoms with van der Waals surface area (Å²) >= 11 is 4.95. The maximum Gasteiger partial charge on any atom is 0.124 e. The predicted molar refractivity (Wildman–Crippen MR) is 54.1 cm³/mol. The molecule has 0 aliphatic carbocycles. The molecule has 0 bridgehead atoms. The quantitative estimate of drug-likeness (QED) is 0.743. The molecule has 1 aromatic heterocycles. The summed E-state index contributed by atoms with van der Waals surface area (Å²) in [6.07, 6.45) is 0. The largest absolute Gasteiger partial charge is 0.229 e. The lowest BCUT2D eigenvalue weighted by atomic mass is 10.2. The lowest BCUT2D eigenvalue weighted by Crippen LogP contribution is -1.73. The minimum Gasteiger partial charge on any atom is -0.229 e. The van der Waals surface area contributed by atoms with Gasteiger partial charge in [0.2, 0.25) is 0 Å². The fraction of sp³-hybridized carbons (Fsp3) is 0. The van der Waals surface area contributed by atoms with E-state index >= 15 is 0 Å². The summed E-state index contributed by atoms with van der Waals surface area (Å²) < 4.78 is 0.898. The molecule has 0 spiro atoms. The Morgan fingerprint density at radius 2 is 2.08 bits per heavy atom. The molecule has 2 rings (SSSR count). The van der Waals surface area contributed by atoms with Crippen molar-refractivity contribution in [1.29, 1.82) is 0 Å². The van der Waals surface area contributed by atoms with E-state index in [1.807, 2.05) is 29.6 Å². The number of benzene rings is 1. The van der Waals surface area contributed by atoms with Gasteiger partial charge in [-0.2, -0.15) is 0 Å². The van der Waals surface area contributed by atoms with E-state index in [4.69, 9.17) is 0 Å². The van der Waals surface area contributed by atoms with Crippen molar-refractivity contribution in [2.45, 2.75) is 0 Å². The summed E-state index contributed by atoms with van der Waals surface area (Å²) in [6, 6.07) is 10.8. The van der Waals surface area contributed by atoms with Gasteiger partial charge in [-0.05, 0) is 22.0 Å². The number of nitrogens with zero attached hydrogens (tertiary/aromatic N) is 1. The van der Waals surface area contributed by atoms with Crippen LogP contribution in [0.4, 0.5) is 0 Å². The number of hydrogen-bond acceptors (Lipinski definition) is 2. The van der Waals surface area contributed by atoms with Gasteiger partial charge in [0.25, 0.3) is 0 Å². The molecule has 1 radical (unpaired) electrons.